The van der Waals surface area contributed by atoms with Gasteiger partial charge in [-0.25, -0.2) is 4.39 Å². The van der Waals surface area contributed by atoms with Crippen molar-refractivity contribution in [1.29, 1.82) is 0 Å². The van der Waals surface area contributed by atoms with Crippen molar-refractivity contribution in [3.63, 3.8) is 0 Å². The smallest absolute Gasteiger partial charge is 0.235 e. The molecular weight excluding hydrogens is 303 g/mol. The zero-order chi connectivity index (χ0) is 15.7. The highest BCUT2D eigenvalue weighted by atomic mass is 32.2. The van der Waals surface area contributed by atoms with Crippen LogP contribution in [0.2, 0.25) is 0 Å². The molecular formula is C16H13FN2O2S. The van der Waals surface area contributed by atoms with Crippen LogP contribution in [-0.2, 0) is 7.05 Å². The third-order valence-corrected chi connectivity index (χ3v) is 4.17. The Bertz CT molecular complexity index is 798. The van der Waals surface area contributed by atoms with Crippen LogP contribution in [0, 0.1) is 5.82 Å². The van der Waals surface area contributed by atoms with Crippen molar-refractivity contribution in [2.24, 2.45) is 7.05 Å². The summed E-state index contributed by atoms with van der Waals surface area (Å²) >= 11 is 1.47. The molecule has 2 N–H and O–H groups in total. The lowest BCUT2D eigenvalue weighted by molar-refractivity contribution is 0.381. The minimum atomic E-state index is -0.266. The minimum absolute atomic E-state index is 0.186. The van der Waals surface area contributed by atoms with Crippen LogP contribution in [0.3, 0.4) is 0 Å². The van der Waals surface area contributed by atoms with E-state index >= 15 is 0 Å². The van der Waals surface area contributed by atoms with E-state index in [1.54, 1.807) is 37.6 Å². The maximum Gasteiger partial charge on any atom is 0.235 e. The molecule has 3 rings (SSSR count). The van der Waals surface area contributed by atoms with Crippen molar-refractivity contribution in [3.8, 4) is 22.9 Å². The highest BCUT2D eigenvalue weighted by Gasteiger charge is 2.14. The molecule has 1 aromatic carbocycles. The van der Waals surface area contributed by atoms with E-state index in [1.165, 1.54) is 28.5 Å². The van der Waals surface area contributed by atoms with Gasteiger partial charge in [-0.05, 0) is 36.4 Å². The summed E-state index contributed by atoms with van der Waals surface area (Å²) in [5.41, 5.74) is 1.04. The number of aryl methyl sites for hydroxylation is 1. The number of aromatic hydroxyl groups is 2. The Hall–Kier alpha value is -2.47. The quantitative estimate of drug-likeness (QED) is 0.772. The molecule has 0 unspecified atom stereocenters. The Labute approximate surface area is 130 Å². The van der Waals surface area contributed by atoms with Gasteiger partial charge in [-0.3, -0.25) is 4.98 Å². The second-order valence-electron chi connectivity index (χ2n) is 4.76. The molecule has 0 saturated carbocycles. The monoisotopic (exact) mass is 316 g/mol. The van der Waals surface area contributed by atoms with E-state index in [9.17, 15) is 14.6 Å². The maximum atomic E-state index is 12.9. The number of pyridine rings is 1. The van der Waals surface area contributed by atoms with Crippen LogP contribution in [0.1, 0.15) is 0 Å². The highest BCUT2D eigenvalue weighted by Crippen LogP contribution is 2.37. The van der Waals surface area contributed by atoms with Crippen LogP contribution < -0.4 is 0 Å². The van der Waals surface area contributed by atoms with Gasteiger partial charge in [-0.2, -0.15) is 0 Å². The zero-order valence-corrected chi connectivity index (χ0v) is 12.5. The van der Waals surface area contributed by atoms with Gasteiger partial charge in [0.2, 0.25) is 5.88 Å². The Morgan fingerprint density at radius 3 is 2.27 bits per heavy atom. The second-order valence-corrected chi connectivity index (χ2v) is 5.91. The molecule has 0 radical (unpaired) electrons. The molecule has 0 aliphatic carbocycles. The predicted octanol–water partition coefficient (Wildman–Crippen LogP) is 3.79. The molecule has 0 fully saturated rings. The van der Waals surface area contributed by atoms with Crippen molar-refractivity contribution in [2.75, 3.05) is 0 Å². The van der Waals surface area contributed by atoms with Gasteiger partial charge in [0.05, 0.1) is 11.3 Å². The Morgan fingerprint density at radius 2 is 1.73 bits per heavy atom. The predicted molar refractivity (Wildman–Crippen MR) is 82.5 cm³/mol. The summed E-state index contributed by atoms with van der Waals surface area (Å²) in [5.74, 6) is -0.646. The summed E-state index contributed by atoms with van der Waals surface area (Å²) in [4.78, 5) is 6.11. The van der Waals surface area contributed by atoms with Crippen LogP contribution in [-0.4, -0.2) is 19.8 Å². The summed E-state index contributed by atoms with van der Waals surface area (Å²) in [6.07, 6.45) is 3.28. The molecule has 6 heteroatoms. The first-order valence-corrected chi connectivity index (χ1v) is 7.33. The largest absolute Gasteiger partial charge is 0.503 e. The van der Waals surface area contributed by atoms with Gasteiger partial charge in [0.1, 0.15) is 5.82 Å². The van der Waals surface area contributed by atoms with Crippen molar-refractivity contribution in [2.45, 2.75) is 9.79 Å². The molecule has 0 bridgehead atoms. The molecule has 0 saturated heterocycles. The fraction of sp³-hybridized carbons (Fsp3) is 0.0625. The minimum Gasteiger partial charge on any atom is -0.503 e. The van der Waals surface area contributed by atoms with E-state index in [0.717, 1.165) is 9.79 Å². The molecule has 112 valence electrons. The first kappa shape index (κ1) is 14.5. The third-order valence-electron chi connectivity index (χ3n) is 3.19. The molecule has 22 heavy (non-hydrogen) atoms. The summed E-state index contributed by atoms with van der Waals surface area (Å²) in [5, 5.41) is 19.5. The number of hydrogen-bond acceptors (Lipinski definition) is 4. The molecule has 2 heterocycles. The Balaban J connectivity index is 1.83. The fourth-order valence-corrected chi connectivity index (χ4v) is 2.82. The van der Waals surface area contributed by atoms with Crippen LogP contribution in [0.4, 0.5) is 4.39 Å². The van der Waals surface area contributed by atoms with E-state index in [-0.39, 0.29) is 17.4 Å². The van der Waals surface area contributed by atoms with E-state index in [0.29, 0.717) is 11.3 Å². The maximum absolute atomic E-state index is 12.9. The number of aromatic nitrogens is 2. The molecule has 0 spiro atoms. The summed E-state index contributed by atoms with van der Waals surface area (Å²) in [7, 11) is 1.64. The van der Waals surface area contributed by atoms with Crippen molar-refractivity contribution < 1.29 is 14.6 Å². The van der Waals surface area contributed by atoms with Crippen molar-refractivity contribution in [1.82, 2.24) is 9.55 Å². The van der Waals surface area contributed by atoms with Gasteiger partial charge in [-0.1, -0.05) is 11.8 Å². The van der Waals surface area contributed by atoms with Crippen LogP contribution in [0.25, 0.3) is 11.3 Å². The number of rotatable bonds is 3. The van der Waals surface area contributed by atoms with E-state index < -0.39 is 0 Å². The standard InChI is InChI=1S/C16H13FN2O2S/c1-19-9-13(15(20)16(19)21)14-7-6-12(8-18-14)22-11-4-2-10(17)3-5-11/h2-9,20-21H,1H3. The van der Waals surface area contributed by atoms with Gasteiger partial charge in [0, 0.05) is 29.2 Å². The average Bonchev–Trinajstić information content (AvgIpc) is 2.78. The van der Waals surface area contributed by atoms with E-state index in [1.807, 2.05) is 6.07 Å². The lowest BCUT2D eigenvalue weighted by Crippen LogP contribution is -1.84. The second kappa shape index (κ2) is 5.73. The van der Waals surface area contributed by atoms with Crippen molar-refractivity contribution in [3.05, 3.63) is 54.6 Å². The Morgan fingerprint density at radius 1 is 1.05 bits per heavy atom. The molecule has 0 atom stereocenters. The number of benzene rings is 1. The first-order valence-electron chi connectivity index (χ1n) is 6.51. The SMILES string of the molecule is Cn1cc(-c2ccc(Sc3ccc(F)cc3)cn2)c(O)c1O. The summed E-state index contributed by atoms with van der Waals surface area (Å²) < 4.78 is 14.3. The molecule has 3 aromatic rings. The van der Waals surface area contributed by atoms with Crippen LogP contribution >= 0.6 is 11.8 Å². The fourth-order valence-electron chi connectivity index (χ4n) is 2.03. The van der Waals surface area contributed by atoms with Crippen LogP contribution in [0.15, 0.2) is 58.6 Å². The van der Waals surface area contributed by atoms with Gasteiger partial charge >= 0.3 is 0 Å². The topological polar surface area (TPSA) is 58.3 Å². The normalized spacial score (nSPS) is 10.8. The average molecular weight is 316 g/mol. The number of halogens is 1. The first-order chi connectivity index (χ1) is 10.5. The Kier molecular flexibility index (Phi) is 3.77. The zero-order valence-electron chi connectivity index (χ0n) is 11.7. The lowest BCUT2D eigenvalue weighted by atomic mass is 10.2. The van der Waals surface area contributed by atoms with E-state index in [2.05, 4.69) is 4.98 Å². The molecule has 2 aromatic heterocycles. The number of nitrogens with zero attached hydrogens (tertiary/aromatic N) is 2. The molecule has 0 aliphatic heterocycles. The van der Waals surface area contributed by atoms with Crippen LogP contribution in [0.5, 0.6) is 11.6 Å². The van der Waals surface area contributed by atoms with E-state index in [4.69, 9.17) is 0 Å². The number of hydrogen-bond donors (Lipinski definition) is 2. The third kappa shape index (κ3) is 2.78. The van der Waals surface area contributed by atoms with Gasteiger partial charge < -0.3 is 14.8 Å². The lowest BCUT2D eigenvalue weighted by Gasteiger charge is -2.03. The van der Waals surface area contributed by atoms with Gasteiger partial charge in [0.25, 0.3) is 0 Å². The van der Waals surface area contributed by atoms with Gasteiger partial charge in [0.15, 0.2) is 5.75 Å². The van der Waals surface area contributed by atoms with Gasteiger partial charge in [-0.15, -0.1) is 0 Å². The molecule has 4 nitrogen and oxygen atoms in total. The highest BCUT2D eigenvalue weighted by molar-refractivity contribution is 7.99. The van der Waals surface area contributed by atoms with Crippen molar-refractivity contribution >= 4 is 11.8 Å². The summed E-state index contributed by atoms with van der Waals surface area (Å²) in [6, 6.07) is 9.86. The summed E-state index contributed by atoms with van der Waals surface area (Å²) in [6.45, 7) is 0. The molecule has 0 aliphatic rings. The molecule has 0 amide bonds.